The molecule has 0 saturated heterocycles. The molecule has 6 nitrogen and oxygen atoms in total. The smallest absolute Gasteiger partial charge is 0.339 e. The number of aliphatic hydroxyl groups is 1. The lowest BCUT2D eigenvalue weighted by molar-refractivity contribution is 0.0600. The van der Waals surface area contributed by atoms with Crippen LogP contribution in [0.25, 0.3) is 5.69 Å². The number of esters is 1. The molecule has 0 spiro atoms. The van der Waals surface area contributed by atoms with Crippen molar-refractivity contribution in [3.05, 3.63) is 41.5 Å². The number of hydrogen-bond donors (Lipinski definition) is 1. The van der Waals surface area contributed by atoms with E-state index in [-0.39, 0.29) is 6.61 Å². The van der Waals surface area contributed by atoms with Crippen molar-refractivity contribution in [3.8, 4) is 5.69 Å². The van der Waals surface area contributed by atoms with Gasteiger partial charge in [-0.2, -0.15) is 0 Å². The summed E-state index contributed by atoms with van der Waals surface area (Å²) in [4.78, 5) is 11.8. The van der Waals surface area contributed by atoms with Crippen LogP contribution in [0.2, 0.25) is 0 Å². The fraction of sp³-hybridized carbons (Fsp3) is 0.308. The Labute approximate surface area is 110 Å². The minimum absolute atomic E-state index is 0.248. The minimum Gasteiger partial charge on any atom is -0.465 e. The van der Waals surface area contributed by atoms with E-state index in [1.54, 1.807) is 22.8 Å². The van der Waals surface area contributed by atoms with Gasteiger partial charge in [-0.1, -0.05) is 19.1 Å². The van der Waals surface area contributed by atoms with E-state index >= 15 is 0 Å². The van der Waals surface area contributed by atoms with Gasteiger partial charge in [0.25, 0.3) is 0 Å². The lowest BCUT2D eigenvalue weighted by atomic mass is 10.1. The number of hydrogen-bond acceptors (Lipinski definition) is 5. The maximum atomic E-state index is 11.8. The first-order valence-corrected chi connectivity index (χ1v) is 5.94. The van der Waals surface area contributed by atoms with Crippen LogP contribution in [-0.4, -0.2) is 33.0 Å². The van der Waals surface area contributed by atoms with Gasteiger partial charge in [0.1, 0.15) is 12.4 Å². The molecule has 6 heteroatoms. The summed E-state index contributed by atoms with van der Waals surface area (Å²) in [7, 11) is 1.33. The summed E-state index contributed by atoms with van der Waals surface area (Å²) in [6.07, 6.45) is 0.641. The van der Waals surface area contributed by atoms with Crippen LogP contribution in [-0.2, 0) is 17.8 Å². The topological polar surface area (TPSA) is 77.2 Å². The van der Waals surface area contributed by atoms with E-state index < -0.39 is 5.97 Å². The van der Waals surface area contributed by atoms with Crippen LogP contribution in [0.3, 0.4) is 0 Å². The van der Waals surface area contributed by atoms with Crippen molar-refractivity contribution in [3.63, 3.8) is 0 Å². The van der Waals surface area contributed by atoms with Gasteiger partial charge in [-0.25, -0.2) is 4.79 Å². The normalized spacial score (nSPS) is 10.5. The van der Waals surface area contributed by atoms with Gasteiger partial charge in [0, 0.05) is 6.42 Å². The van der Waals surface area contributed by atoms with Crippen molar-refractivity contribution in [1.82, 2.24) is 14.8 Å². The van der Waals surface area contributed by atoms with Crippen LogP contribution in [0, 0.1) is 0 Å². The molecule has 0 aliphatic rings. The van der Waals surface area contributed by atoms with E-state index in [9.17, 15) is 9.90 Å². The van der Waals surface area contributed by atoms with Crippen LogP contribution in [0.5, 0.6) is 0 Å². The second-order valence-electron chi connectivity index (χ2n) is 3.89. The van der Waals surface area contributed by atoms with Crippen LogP contribution >= 0.6 is 0 Å². The predicted octanol–water partition coefficient (Wildman–Crippen LogP) is 1.11. The first-order valence-electron chi connectivity index (χ1n) is 5.94. The predicted molar refractivity (Wildman–Crippen MR) is 68.0 cm³/mol. The van der Waals surface area contributed by atoms with Crippen molar-refractivity contribution < 1.29 is 14.6 Å². The molecule has 0 aliphatic heterocycles. The molecule has 0 bridgehead atoms. The minimum atomic E-state index is -0.435. The fourth-order valence-corrected chi connectivity index (χ4v) is 1.91. The van der Waals surface area contributed by atoms with Gasteiger partial charge in [-0.3, -0.25) is 4.57 Å². The molecule has 1 heterocycles. The Hall–Kier alpha value is -2.21. The quantitative estimate of drug-likeness (QED) is 0.834. The molecular formula is C13H15N3O3. The number of carbonyl (C=O) groups excluding carboxylic acids is 1. The largest absolute Gasteiger partial charge is 0.465 e. The number of aromatic nitrogens is 3. The lowest BCUT2D eigenvalue weighted by Gasteiger charge is -2.12. The van der Waals surface area contributed by atoms with E-state index in [0.29, 0.717) is 29.3 Å². The summed E-state index contributed by atoms with van der Waals surface area (Å²) in [5.74, 6) is 0.642. The Morgan fingerprint density at radius 3 is 2.63 bits per heavy atom. The third kappa shape index (κ3) is 2.34. The van der Waals surface area contributed by atoms with Crippen molar-refractivity contribution in [2.24, 2.45) is 0 Å². The Bertz CT molecular complexity index is 571. The zero-order valence-corrected chi connectivity index (χ0v) is 10.8. The number of nitrogens with zero attached hydrogens (tertiary/aromatic N) is 3. The summed E-state index contributed by atoms with van der Waals surface area (Å²) in [6.45, 7) is 1.69. The van der Waals surface area contributed by atoms with E-state index in [0.717, 1.165) is 0 Å². The highest BCUT2D eigenvalue weighted by Crippen LogP contribution is 2.19. The molecule has 0 radical (unpaired) electrons. The number of carbonyl (C=O) groups is 1. The molecular weight excluding hydrogens is 246 g/mol. The maximum Gasteiger partial charge on any atom is 0.339 e. The van der Waals surface area contributed by atoms with Gasteiger partial charge in [-0.15, -0.1) is 10.2 Å². The number of benzene rings is 1. The number of methoxy groups -OCH3 is 1. The molecule has 0 unspecified atom stereocenters. The molecule has 0 fully saturated rings. The fourth-order valence-electron chi connectivity index (χ4n) is 1.91. The molecule has 1 aromatic carbocycles. The van der Waals surface area contributed by atoms with Crippen molar-refractivity contribution >= 4 is 5.97 Å². The molecule has 1 aromatic heterocycles. The van der Waals surface area contributed by atoms with Crippen LogP contribution < -0.4 is 0 Å². The third-order valence-corrected chi connectivity index (χ3v) is 2.81. The van der Waals surface area contributed by atoms with Crippen LogP contribution in [0.15, 0.2) is 24.3 Å². The second-order valence-corrected chi connectivity index (χ2v) is 3.89. The Morgan fingerprint density at radius 2 is 2.00 bits per heavy atom. The average molecular weight is 261 g/mol. The molecule has 1 N–H and O–H groups in total. The Balaban J connectivity index is 2.65. The highest BCUT2D eigenvalue weighted by Gasteiger charge is 2.18. The number of para-hydroxylation sites is 1. The summed E-state index contributed by atoms with van der Waals surface area (Å²) in [6, 6.07) is 7.00. The third-order valence-electron chi connectivity index (χ3n) is 2.81. The highest BCUT2D eigenvalue weighted by molar-refractivity contribution is 5.93. The van der Waals surface area contributed by atoms with Gasteiger partial charge in [0.2, 0.25) is 0 Å². The number of ether oxygens (including phenoxy) is 1. The van der Waals surface area contributed by atoms with Gasteiger partial charge < -0.3 is 9.84 Å². The molecule has 0 amide bonds. The van der Waals surface area contributed by atoms with E-state index in [4.69, 9.17) is 4.74 Å². The summed E-state index contributed by atoms with van der Waals surface area (Å²) in [5.41, 5.74) is 1.02. The summed E-state index contributed by atoms with van der Waals surface area (Å²) < 4.78 is 6.45. The molecule has 0 atom stereocenters. The monoisotopic (exact) mass is 261 g/mol. The number of aryl methyl sites for hydroxylation is 1. The number of aliphatic hydroxyl groups excluding tert-OH is 1. The average Bonchev–Trinajstić information content (AvgIpc) is 2.89. The summed E-state index contributed by atoms with van der Waals surface area (Å²) in [5, 5.41) is 17.3. The Morgan fingerprint density at radius 1 is 1.32 bits per heavy atom. The molecule has 19 heavy (non-hydrogen) atoms. The standard InChI is InChI=1S/C13H15N3O3/c1-3-11-14-15-12(8-17)16(11)10-7-5-4-6-9(10)13(18)19-2/h4-7,17H,3,8H2,1-2H3. The zero-order chi connectivity index (χ0) is 13.8. The van der Waals surface area contributed by atoms with E-state index in [1.807, 2.05) is 13.0 Å². The van der Waals surface area contributed by atoms with Crippen molar-refractivity contribution in [2.75, 3.05) is 7.11 Å². The zero-order valence-electron chi connectivity index (χ0n) is 10.8. The SMILES string of the molecule is CCc1nnc(CO)n1-c1ccccc1C(=O)OC. The van der Waals surface area contributed by atoms with Gasteiger partial charge in [-0.05, 0) is 12.1 Å². The first kappa shape index (κ1) is 13.2. The van der Waals surface area contributed by atoms with Gasteiger partial charge in [0.05, 0.1) is 18.4 Å². The van der Waals surface area contributed by atoms with E-state index in [1.165, 1.54) is 7.11 Å². The van der Waals surface area contributed by atoms with Gasteiger partial charge >= 0.3 is 5.97 Å². The van der Waals surface area contributed by atoms with Gasteiger partial charge in [0.15, 0.2) is 5.82 Å². The molecule has 0 saturated carbocycles. The molecule has 100 valence electrons. The Kier molecular flexibility index (Phi) is 3.91. The summed E-state index contributed by atoms with van der Waals surface area (Å²) >= 11 is 0. The second kappa shape index (κ2) is 5.62. The molecule has 0 aliphatic carbocycles. The lowest BCUT2D eigenvalue weighted by Crippen LogP contribution is -2.12. The van der Waals surface area contributed by atoms with E-state index in [2.05, 4.69) is 10.2 Å². The van der Waals surface area contributed by atoms with Crippen LogP contribution in [0.1, 0.15) is 28.9 Å². The molecule has 2 aromatic rings. The number of rotatable bonds is 4. The van der Waals surface area contributed by atoms with Crippen molar-refractivity contribution in [1.29, 1.82) is 0 Å². The van der Waals surface area contributed by atoms with Crippen molar-refractivity contribution in [2.45, 2.75) is 20.0 Å². The maximum absolute atomic E-state index is 11.8. The molecule has 2 rings (SSSR count). The highest BCUT2D eigenvalue weighted by atomic mass is 16.5. The first-order chi connectivity index (χ1) is 9.22. The van der Waals surface area contributed by atoms with Crippen LogP contribution in [0.4, 0.5) is 0 Å².